The lowest BCUT2D eigenvalue weighted by Gasteiger charge is -2.39. The van der Waals surface area contributed by atoms with Crippen molar-refractivity contribution in [3.05, 3.63) is 28.5 Å². The van der Waals surface area contributed by atoms with Gasteiger partial charge >= 0.3 is 0 Å². The molecule has 5 heteroatoms. The van der Waals surface area contributed by atoms with Crippen LogP contribution in [0.5, 0.6) is 0 Å². The van der Waals surface area contributed by atoms with E-state index < -0.39 is 11.0 Å². The van der Waals surface area contributed by atoms with Gasteiger partial charge in [-0.2, -0.15) is 5.26 Å². The van der Waals surface area contributed by atoms with Crippen molar-refractivity contribution >= 4 is 15.9 Å². The Hall–Kier alpha value is -0.960. The van der Waals surface area contributed by atoms with E-state index in [1.54, 1.807) is 6.20 Å². The highest BCUT2D eigenvalue weighted by atomic mass is 79.9. The number of nitriles is 1. The van der Waals surface area contributed by atoms with E-state index in [-0.39, 0.29) is 0 Å². The monoisotopic (exact) mass is 337 g/mol. The maximum Gasteiger partial charge on any atom is 0.102 e. The lowest BCUT2D eigenvalue weighted by Crippen LogP contribution is -2.47. The molecule has 4 nitrogen and oxygen atoms in total. The summed E-state index contributed by atoms with van der Waals surface area (Å²) in [6.45, 7) is 5.90. The van der Waals surface area contributed by atoms with E-state index in [1.165, 1.54) is 0 Å². The number of piperidine rings is 1. The quantitative estimate of drug-likeness (QED) is 0.920. The lowest BCUT2D eigenvalue weighted by molar-refractivity contribution is 0.0244. The molecule has 1 aliphatic heterocycles. The van der Waals surface area contributed by atoms with Crippen LogP contribution in [-0.2, 0) is 5.41 Å². The van der Waals surface area contributed by atoms with Gasteiger partial charge in [-0.25, -0.2) is 0 Å². The zero-order valence-electron chi connectivity index (χ0n) is 11.9. The topological polar surface area (TPSA) is 60.1 Å². The SMILES string of the molecule is CC(C)(O)CN1CCC(C#N)(c2ccc(Br)cn2)CC1. The van der Waals surface area contributed by atoms with Crippen LogP contribution in [0.25, 0.3) is 0 Å². The molecular weight excluding hydrogens is 318 g/mol. The van der Waals surface area contributed by atoms with E-state index in [0.717, 1.165) is 36.1 Å². The Morgan fingerprint density at radius 3 is 2.55 bits per heavy atom. The summed E-state index contributed by atoms with van der Waals surface area (Å²) in [5.74, 6) is 0. The van der Waals surface area contributed by atoms with Gasteiger partial charge in [-0.15, -0.1) is 0 Å². The van der Waals surface area contributed by atoms with Gasteiger partial charge in [0.1, 0.15) is 5.41 Å². The molecule has 2 heterocycles. The third kappa shape index (κ3) is 3.57. The summed E-state index contributed by atoms with van der Waals surface area (Å²) < 4.78 is 0.925. The molecule has 1 N–H and O–H groups in total. The van der Waals surface area contributed by atoms with Crippen LogP contribution in [0.1, 0.15) is 32.4 Å². The molecule has 0 amide bonds. The number of pyridine rings is 1. The summed E-state index contributed by atoms with van der Waals surface area (Å²) >= 11 is 3.37. The van der Waals surface area contributed by atoms with Crippen LogP contribution in [0.15, 0.2) is 22.8 Å². The average Bonchev–Trinajstić information content (AvgIpc) is 2.39. The summed E-state index contributed by atoms with van der Waals surface area (Å²) in [5.41, 5.74) is -0.328. The smallest absolute Gasteiger partial charge is 0.102 e. The second kappa shape index (κ2) is 5.80. The third-order valence-electron chi connectivity index (χ3n) is 3.75. The van der Waals surface area contributed by atoms with Crippen molar-refractivity contribution in [1.29, 1.82) is 5.26 Å². The molecule has 0 atom stereocenters. The van der Waals surface area contributed by atoms with Crippen LogP contribution in [0, 0.1) is 11.3 Å². The number of likely N-dealkylation sites (tertiary alicyclic amines) is 1. The van der Waals surface area contributed by atoms with Gasteiger partial charge in [0.15, 0.2) is 0 Å². The van der Waals surface area contributed by atoms with Crippen molar-refractivity contribution < 1.29 is 5.11 Å². The van der Waals surface area contributed by atoms with E-state index in [2.05, 4.69) is 31.9 Å². The summed E-state index contributed by atoms with van der Waals surface area (Å²) in [5, 5.41) is 19.5. The molecule has 20 heavy (non-hydrogen) atoms. The second-order valence-corrected chi connectivity index (χ2v) is 7.06. The van der Waals surface area contributed by atoms with Crippen molar-refractivity contribution in [3.8, 4) is 6.07 Å². The highest BCUT2D eigenvalue weighted by Crippen LogP contribution is 2.34. The van der Waals surface area contributed by atoms with Gasteiger partial charge in [0.25, 0.3) is 0 Å². The molecule has 0 aromatic carbocycles. The molecule has 1 saturated heterocycles. The first-order valence-electron chi connectivity index (χ1n) is 6.83. The first-order chi connectivity index (χ1) is 9.35. The molecule has 0 aliphatic carbocycles. The molecule has 0 spiro atoms. The van der Waals surface area contributed by atoms with E-state index in [0.29, 0.717) is 6.54 Å². The minimum Gasteiger partial charge on any atom is -0.389 e. The highest BCUT2D eigenvalue weighted by molar-refractivity contribution is 9.10. The largest absolute Gasteiger partial charge is 0.389 e. The van der Waals surface area contributed by atoms with Gasteiger partial charge in [-0.1, -0.05) is 0 Å². The molecule has 0 saturated carbocycles. The zero-order chi connectivity index (χ0) is 14.8. The van der Waals surface area contributed by atoms with Crippen LogP contribution >= 0.6 is 15.9 Å². The van der Waals surface area contributed by atoms with Gasteiger partial charge in [0.05, 0.1) is 17.4 Å². The van der Waals surface area contributed by atoms with Crippen LogP contribution in [0.2, 0.25) is 0 Å². The fourth-order valence-corrected chi connectivity index (χ4v) is 2.96. The predicted octanol–water partition coefficient (Wildman–Crippen LogP) is 2.47. The minimum atomic E-state index is -0.692. The molecule has 108 valence electrons. The number of halogens is 1. The third-order valence-corrected chi connectivity index (χ3v) is 4.22. The van der Waals surface area contributed by atoms with E-state index >= 15 is 0 Å². The van der Waals surface area contributed by atoms with E-state index in [4.69, 9.17) is 0 Å². The van der Waals surface area contributed by atoms with Crippen molar-refractivity contribution in [2.75, 3.05) is 19.6 Å². The Labute approximate surface area is 128 Å². The summed E-state index contributed by atoms with van der Waals surface area (Å²) in [7, 11) is 0. The van der Waals surface area contributed by atoms with Crippen LogP contribution < -0.4 is 0 Å². The zero-order valence-corrected chi connectivity index (χ0v) is 13.5. The first kappa shape index (κ1) is 15.4. The van der Waals surface area contributed by atoms with Gasteiger partial charge in [-0.3, -0.25) is 4.98 Å². The van der Waals surface area contributed by atoms with Crippen molar-refractivity contribution in [3.63, 3.8) is 0 Å². The molecule has 0 unspecified atom stereocenters. The van der Waals surface area contributed by atoms with Crippen LogP contribution in [0.4, 0.5) is 0 Å². The van der Waals surface area contributed by atoms with Gasteiger partial charge in [0, 0.05) is 30.3 Å². The fraction of sp³-hybridized carbons (Fsp3) is 0.600. The number of aromatic nitrogens is 1. The lowest BCUT2D eigenvalue weighted by atomic mass is 9.76. The summed E-state index contributed by atoms with van der Waals surface area (Å²) in [6.07, 6.45) is 3.26. The van der Waals surface area contributed by atoms with E-state index in [1.807, 2.05) is 26.0 Å². The molecule has 1 aromatic heterocycles. The number of β-amino-alcohol motifs (C(OH)–C–C–N with tert-alkyl or cyclic N) is 1. The molecule has 2 rings (SSSR count). The number of aliphatic hydroxyl groups is 1. The molecule has 1 fully saturated rings. The predicted molar refractivity (Wildman–Crippen MR) is 81.2 cm³/mol. The Balaban J connectivity index is 2.09. The standard InChI is InChI=1S/C15H20BrN3O/c1-14(2,20)11-19-7-5-15(10-17,6-8-19)13-4-3-12(16)9-18-13/h3-4,9,20H,5-8,11H2,1-2H3. The average molecular weight is 338 g/mol. The molecule has 1 aromatic rings. The second-order valence-electron chi connectivity index (χ2n) is 6.14. The molecule has 0 bridgehead atoms. The van der Waals surface area contributed by atoms with Crippen LogP contribution in [0.3, 0.4) is 0 Å². The normalized spacial score (nSPS) is 19.6. The fourth-order valence-electron chi connectivity index (χ4n) is 2.72. The number of hydrogen-bond donors (Lipinski definition) is 1. The first-order valence-corrected chi connectivity index (χ1v) is 7.62. The Kier molecular flexibility index (Phi) is 4.48. The van der Waals surface area contributed by atoms with Crippen LogP contribution in [-0.4, -0.2) is 40.2 Å². The minimum absolute atomic E-state index is 0.489. The Bertz CT molecular complexity index is 493. The van der Waals surface area contributed by atoms with E-state index in [9.17, 15) is 10.4 Å². The molecule has 0 radical (unpaired) electrons. The van der Waals surface area contributed by atoms with Gasteiger partial charge in [0.2, 0.25) is 0 Å². The molecular formula is C15H20BrN3O. The van der Waals surface area contributed by atoms with Crippen molar-refractivity contribution in [2.45, 2.75) is 37.7 Å². The Morgan fingerprint density at radius 2 is 2.10 bits per heavy atom. The number of hydrogen-bond acceptors (Lipinski definition) is 4. The summed E-state index contributed by atoms with van der Waals surface area (Å²) in [6, 6.07) is 6.33. The number of rotatable bonds is 3. The molecule has 1 aliphatic rings. The summed E-state index contributed by atoms with van der Waals surface area (Å²) in [4.78, 5) is 6.62. The Morgan fingerprint density at radius 1 is 1.45 bits per heavy atom. The highest BCUT2D eigenvalue weighted by Gasteiger charge is 2.38. The number of nitrogens with zero attached hydrogens (tertiary/aromatic N) is 3. The maximum atomic E-state index is 9.88. The van der Waals surface area contributed by atoms with Gasteiger partial charge in [-0.05, 0) is 54.8 Å². The van der Waals surface area contributed by atoms with Crippen molar-refractivity contribution in [2.24, 2.45) is 0 Å². The van der Waals surface area contributed by atoms with Crippen molar-refractivity contribution in [1.82, 2.24) is 9.88 Å². The maximum absolute atomic E-state index is 9.88. The van der Waals surface area contributed by atoms with Gasteiger partial charge < -0.3 is 10.0 Å².